The fraction of sp³-hybridized carbons (Fsp3) is 0.478. The number of piperazine rings is 1. The third-order valence-electron chi connectivity index (χ3n) is 6.14. The van der Waals surface area contributed by atoms with Crippen LogP contribution in [-0.2, 0) is 5.54 Å². The second-order valence-electron chi connectivity index (χ2n) is 9.13. The minimum absolute atomic E-state index is 0.0980. The van der Waals surface area contributed by atoms with Crippen LogP contribution in [0.2, 0.25) is 0 Å². The Bertz CT molecular complexity index is 1080. The lowest BCUT2D eigenvalue weighted by Gasteiger charge is -2.39. The van der Waals surface area contributed by atoms with Gasteiger partial charge in [-0.15, -0.1) is 0 Å². The lowest BCUT2D eigenvalue weighted by molar-refractivity contribution is 0.0694. The van der Waals surface area contributed by atoms with Crippen LogP contribution in [0, 0.1) is 5.82 Å². The molecule has 1 aliphatic heterocycles. The number of allylic oxidation sites excluding steroid dienone is 1. The molecule has 1 saturated heterocycles. The molecule has 2 aromatic rings. The number of halogens is 1. The van der Waals surface area contributed by atoms with Crippen molar-refractivity contribution >= 4 is 22.6 Å². The van der Waals surface area contributed by atoms with Crippen LogP contribution in [0.4, 0.5) is 10.1 Å². The van der Waals surface area contributed by atoms with Crippen molar-refractivity contribution in [1.82, 2.24) is 9.47 Å². The molecule has 7 heteroatoms. The number of aromatic nitrogens is 1. The maximum Gasteiger partial charge on any atom is 0.341 e. The average molecular weight is 413 g/mol. The van der Waals surface area contributed by atoms with Crippen LogP contribution in [0.5, 0.6) is 0 Å². The Morgan fingerprint density at radius 3 is 2.43 bits per heavy atom. The van der Waals surface area contributed by atoms with E-state index in [2.05, 4.69) is 17.1 Å². The first-order valence-corrected chi connectivity index (χ1v) is 10.4. The Hall–Kier alpha value is -2.67. The zero-order valence-electron chi connectivity index (χ0n) is 17.7. The van der Waals surface area contributed by atoms with Crippen molar-refractivity contribution in [1.29, 1.82) is 0 Å². The van der Waals surface area contributed by atoms with E-state index in [4.69, 9.17) is 0 Å². The molecule has 0 amide bonds. The number of benzene rings is 1. The lowest BCUT2D eigenvalue weighted by Crippen LogP contribution is -2.49. The molecule has 1 aliphatic carbocycles. The molecule has 0 spiro atoms. The quantitative estimate of drug-likeness (QED) is 0.781. The molecule has 1 N–H and O–H groups in total. The molecule has 6 nitrogen and oxygen atoms in total. The molecule has 1 aromatic carbocycles. The normalized spacial score (nSPS) is 20.3. The zero-order valence-corrected chi connectivity index (χ0v) is 17.7. The van der Waals surface area contributed by atoms with Crippen LogP contribution in [0.25, 0.3) is 10.9 Å². The van der Waals surface area contributed by atoms with Crippen molar-refractivity contribution in [3.8, 4) is 0 Å². The number of nitrogens with zero attached hydrogens (tertiary/aromatic N) is 3. The first kappa shape index (κ1) is 20.6. The fourth-order valence-corrected chi connectivity index (χ4v) is 4.50. The highest BCUT2D eigenvalue weighted by atomic mass is 19.1. The van der Waals surface area contributed by atoms with Gasteiger partial charge in [-0.2, -0.15) is 0 Å². The molecule has 4 rings (SSSR count). The molecule has 2 heterocycles. The van der Waals surface area contributed by atoms with E-state index in [1.807, 2.05) is 25.7 Å². The van der Waals surface area contributed by atoms with Crippen molar-refractivity contribution in [3.05, 3.63) is 52.1 Å². The number of aromatic carboxylic acids is 1. The summed E-state index contributed by atoms with van der Waals surface area (Å²) in [5.41, 5.74) is -0.456. The topological polar surface area (TPSA) is 65.8 Å². The van der Waals surface area contributed by atoms with E-state index >= 15 is 4.39 Å². The summed E-state index contributed by atoms with van der Waals surface area (Å²) in [7, 11) is 0. The number of hydrogen-bond donors (Lipinski definition) is 1. The van der Waals surface area contributed by atoms with Crippen molar-refractivity contribution in [3.63, 3.8) is 0 Å². The van der Waals surface area contributed by atoms with E-state index < -0.39 is 22.8 Å². The van der Waals surface area contributed by atoms with E-state index in [9.17, 15) is 14.7 Å². The molecular formula is C23H28FN3O3. The smallest absolute Gasteiger partial charge is 0.341 e. The standard InChI is InChI=1S/C23H28FN3O3/c1-23(2,3)27-14-17(22(29)30)21(28)16-12-18(24)20(13-19(16)27)26-10-8-25(9-11-26)15-6-4-5-7-15/h4,6,12-15H,5,7-11H2,1-3H3,(H,29,30). The number of hydrogen-bond acceptors (Lipinski definition) is 4. The predicted molar refractivity (Wildman–Crippen MR) is 116 cm³/mol. The molecule has 1 aromatic heterocycles. The van der Waals surface area contributed by atoms with Crippen molar-refractivity contribution in [2.45, 2.75) is 45.2 Å². The molecule has 1 unspecified atom stereocenters. The van der Waals surface area contributed by atoms with Crippen LogP contribution >= 0.6 is 0 Å². The minimum Gasteiger partial charge on any atom is -0.477 e. The van der Waals surface area contributed by atoms with Crippen molar-refractivity contribution < 1.29 is 14.3 Å². The van der Waals surface area contributed by atoms with Gasteiger partial charge in [0, 0.05) is 49.3 Å². The molecule has 0 radical (unpaired) electrons. The van der Waals surface area contributed by atoms with Crippen LogP contribution in [0.1, 0.15) is 44.0 Å². The number of carboxylic acids is 1. The van der Waals surface area contributed by atoms with Crippen LogP contribution < -0.4 is 10.3 Å². The van der Waals surface area contributed by atoms with Gasteiger partial charge in [-0.1, -0.05) is 12.2 Å². The third-order valence-corrected chi connectivity index (χ3v) is 6.14. The van der Waals surface area contributed by atoms with Crippen LogP contribution in [0.3, 0.4) is 0 Å². The van der Waals surface area contributed by atoms with Crippen molar-refractivity contribution in [2.24, 2.45) is 0 Å². The molecule has 2 aliphatic rings. The van der Waals surface area contributed by atoms with Gasteiger partial charge in [0.25, 0.3) is 0 Å². The molecule has 1 fully saturated rings. The first-order chi connectivity index (χ1) is 14.2. The summed E-state index contributed by atoms with van der Waals surface area (Å²) in [5.74, 6) is -1.79. The third kappa shape index (κ3) is 3.62. The van der Waals surface area contributed by atoms with Gasteiger partial charge in [0.05, 0.1) is 11.2 Å². The maximum atomic E-state index is 15.1. The fourth-order valence-electron chi connectivity index (χ4n) is 4.50. The van der Waals surface area contributed by atoms with Gasteiger partial charge in [0.2, 0.25) is 5.43 Å². The molecular weight excluding hydrogens is 385 g/mol. The van der Waals surface area contributed by atoms with E-state index in [1.165, 1.54) is 12.3 Å². The first-order valence-electron chi connectivity index (χ1n) is 10.4. The van der Waals surface area contributed by atoms with Gasteiger partial charge in [0.15, 0.2) is 0 Å². The largest absolute Gasteiger partial charge is 0.477 e. The molecule has 0 bridgehead atoms. The number of fused-ring (bicyclic) bond motifs is 1. The number of pyridine rings is 1. The predicted octanol–water partition coefficient (Wildman–Crippen LogP) is 3.43. The Kier molecular flexibility index (Phi) is 5.18. The average Bonchev–Trinajstić information content (AvgIpc) is 3.22. The van der Waals surface area contributed by atoms with Crippen LogP contribution in [0.15, 0.2) is 35.3 Å². The summed E-state index contributed by atoms with van der Waals surface area (Å²) in [6.07, 6.45) is 8.12. The number of anilines is 1. The number of carboxylic acid groups (broad SMARTS) is 1. The highest BCUT2D eigenvalue weighted by Gasteiger charge is 2.27. The Morgan fingerprint density at radius 2 is 1.87 bits per heavy atom. The Morgan fingerprint density at radius 1 is 1.17 bits per heavy atom. The number of rotatable bonds is 3. The second-order valence-corrected chi connectivity index (χ2v) is 9.13. The van der Waals surface area contributed by atoms with Crippen molar-refractivity contribution in [2.75, 3.05) is 31.1 Å². The maximum absolute atomic E-state index is 15.1. The van der Waals surface area contributed by atoms with E-state index in [0.717, 1.165) is 25.9 Å². The molecule has 0 saturated carbocycles. The zero-order chi connectivity index (χ0) is 21.6. The summed E-state index contributed by atoms with van der Waals surface area (Å²) in [6.45, 7) is 8.92. The Balaban J connectivity index is 1.74. The van der Waals surface area contributed by atoms with Gasteiger partial charge < -0.3 is 14.6 Å². The number of carbonyl (C=O) groups is 1. The van der Waals surface area contributed by atoms with E-state index in [-0.39, 0.29) is 10.9 Å². The summed E-state index contributed by atoms with van der Waals surface area (Å²) in [4.78, 5) is 28.7. The summed E-state index contributed by atoms with van der Waals surface area (Å²) in [5, 5.41) is 9.53. The SMILES string of the molecule is CC(C)(C)n1cc(C(=O)O)c(=O)c2cc(F)c(N3CCN(C4C=CCC4)CC3)cc21. The van der Waals surface area contributed by atoms with Gasteiger partial charge >= 0.3 is 5.97 Å². The molecule has 160 valence electrons. The highest BCUT2D eigenvalue weighted by Crippen LogP contribution is 2.30. The lowest BCUT2D eigenvalue weighted by atomic mass is 10.0. The highest BCUT2D eigenvalue weighted by molar-refractivity contribution is 5.93. The van der Waals surface area contributed by atoms with Gasteiger partial charge in [-0.3, -0.25) is 9.69 Å². The van der Waals surface area contributed by atoms with Gasteiger partial charge in [-0.05, 0) is 45.7 Å². The molecule has 30 heavy (non-hydrogen) atoms. The summed E-state index contributed by atoms with van der Waals surface area (Å²) < 4.78 is 16.8. The monoisotopic (exact) mass is 413 g/mol. The summed E-state index contributed by atoms with van der Waals surface area (Å²) in [6, 6.07) is 3.39. The summed E-state index contributed by atoms with van der Waals surface area (Å²) >= 11 is 0. The van der Waals surface area contributed by atoms with E-state index in [0.29, 0.717) is 30.3 Å². The van der Waals surface area contributed by atoms with Gasteiger partial charge in [0.1, 0.15) is 11.4 Å². The van der Waals surface area contributed by atoms with E-state index in [1.54, 1.807) is 10.6 Å². The van der Waals surface area contributed by atoms with Crippen LogP contribution in [-0.4, -0.2) is 52.8 Å². The molecule has 1 atom stereocenters. The second kappa shape index (κ2) is 7.54. The minimum atomic E-state index is -1.30. The Labute approximate surface area is 175 Å². The van der Waals surface area contributed by atoms with Gasteiger partial charge in [-0.25, -0.2) is 9.18 Å².